The van der Waals surface area contributed by atoms with Gasteiger partial charge in [-0.1, -0.05) is 0 Å². The molecule has 0 radical (unpaired) electrons. The van der Waals surface area contributed by atoms with Crippen LogP contribution >= 0.6 is 0 Å². The number of imide groups is 1. The zero-order valence-corrected chi connectivity index (χ0v) is 9.88. The number of carbonyl (C=O) groups is 3. The zero-order valence-electron chi connectivity index (χ0n) is 9.88. The molecule has 8 nitrogen and oxygen atoms in total. The normalized spacial score (nSPS) is 21.9. The molecule has 106 valence electrons. The molecule has 0 aliphatic carbocycles. The molecule has 2 unspecified atom stereocenters. The number of anilines is 1. The fraction of sp³-hybridized carbons (Fsp3) is 0.182. The molecule has 0 saturated carbocycles. The van der Waals surface area contributed by atoms with E-state index in [1.54, 1.807) is 5.32 Å². The van der Waals surface area contributed by atoms with E-state index in [4.69, 9.17) is 5.11 Å². The van der Waals surface area contributed by atoms with Gasteiger partial charge in [0.1, 0.15) is 17.8 Å². The van der Waals surface area contributed by atoms with Gasteiger partial charge in [-0.15, -0.1) is 0 Å². The van der Waals surface area contributed by atoms with E-state index in [0.29, 0.717) is 0 Å². The summed E-state index contributed by atoms with van der Waals surface area (Å²) in [7, 11) is 0. The summed E-state index contributed by atoms with van der Waals surface area (Å²) in [6, 6.07) is 2.07. The van der Waals surface area contributed by atoms with Crippen LogP contribution in [-0.4, -0.2) is 34.3 Å². The summed E-state index contributed by atoms with van der Waals surface area (Å²) in [6.07, 6.45) is -1.71. The molecular weight excluding hydrogens is 273 g/mol. The van der Waals surface area contributed by atoms with Crippen molar-refractivity contribution >= 4 is 23.5 Å². The highest BCUT2D eigenvalue weighted by Gasteiger charge is 2.39. The molecule has 20 heavy (non-hydrogen) atoms. The van der Waals surface area contributed by atoms with Gasteiger partial charge < -0.3 is 20.8 Å². The van der Waals surface area contributed by atoms with Crippen LogP contribution in [0.4, 0.5) is 14.9 Å². The highest BCUT2D eigenvalue weighted by atomic mass is 19.1. The number of urea groups is 1. The molecule has 1 aliphatic heterocycles. The molecule has 2 atom stereocenters. The number of nitrogens with one attached hydrogen (secondary N) is 3. The van der Waals surface area contributed by atoms with Crippen molar-refractivity contribution in [1.82, 2.24) is 10.6 Å². The Balaban J connectivity index is 2.15. The summed E-state index contributed by atoms with van der Waals surface area (Å²) in [5.41, 5.74) is -0.273. The molecule has 9 heteroatoms. The summed E-state index contributed by atoms with van der Waals surface area (Å²) >= 11 is 0. The van der Waals surface area contributed by atoms with E-state index in [-0.39, 0.29) is 11.4 Å². The number of hydrogen-bond donors (Lipinski definition) is 5. The van der Waals surface area contributed by atoms with Crippen molar-refractivity contribution in [1.29, 1.82) is 0 Å². The maximum atomic E-state index is 13.4. The Morgan fingerprint density at radius 2 is 2.05 bits per heavy atom. The Morgan fingerprint density at radius 3 is 2.65 bits per heavy atom. The molecule has 1 saturated heterocycles. The first-order valence-electron chi connectivity index (χ1n) is 5.47. The van der Waals surface area contributed by atoms with Gasteiger partial charge in [0.15, 0.2) is 5.92 Å². The first kappa shape index (κ1) is 13.7. The lowest BCUT2D eigenvalue weighted by Crippen LogP contribution is -2.61. The second-order valence-corrected chi connectivity index (χ2v) is 4.04. The number of aromatic hydroxyl groups is 1. The molecule has 1 fully saturated rings. The standard InChI is InChI=1S/C11H10FN3O5/c12-5-3-4(16)1-2-6(5)13-8(17)7-9(18)14-11(20)15-10(7)19/h1-3,7,9,16,18H,(H,13,17)(H2,14,15,19,20). The van der Waals surface area contributed by atoms with Crippen molar-refractivity contribution < 1.29 is 29.0 Å². The van der Waals surface area contributed by atoms with Crippen LogP contribution in [0.15, 0.2) is 18.2 Å². The molecule has 1 aromatic rings. The average Bonchev–Trinajstić information content (AvgIpc) is 2.31. The summed E-state index contributed by atoms with van der Waals surface area (Å²) in [4.78, 5) is 34.2. The number of hydrogen-bond acceptors (Lipinski definition) is 5. The van der Waals surface area contributed by atoms with E-state index in [1.165, 1.54) is 0 Å². The number of rotatable bonds is 2. The minimum absolute atomic E-state index is 0.273. The number of carbonyl (C=O) groups excluding carboxylic acids is 3. The van der Waals surface area contributed by atoms with Crippen LogP contribution in [0.3, 0.4) is 0 Å². The molecule has 4 amide bonds. The van der Waals surface area contributed by atoms with Gasteiger partial charge >= 0.3 is 6.03 Å². The van der Waals surface area contributed by atoms with E-state index in [0.717, 1.165) is 18.2 Å². The molecule has 2 rings (SSSR count). The number of phenolic OH excluding ortho intramolecular Hbond substituents is 1. The second-order valence-electron chi connectivity index (χ2n) is 4.04. The fourth-order valence-corrected chi connectivity index (χ4v) is 1.67. The van der Waals surface area contributed by atoms with Gasteiger partial charge in [-0.05, 0) is 12.1 Å². The van der Waals surface area contributed by atoms with Crippen molar-refractivity contribution in [2.45, 2.75) is 6.23 Å². The predicted molar refractivity (Wildman–Crippen MR) is 62.9 cm³/mol. The topological polar surface area (TPSA) is 128 Å². The molecule has 1 heterocycles. The van der Waals surface area contributed by atoms with Crippen molar-refractivity contribution in [2.24, 2.45) is 5.92 Å². The Labute approximate surface area is 111 Å². The van der Waals surface area contributed by atoms with E-state index < -0.39 is 35.8 Å². The number of benzene rings is 1. The predicted octanol–water partition coefficient (Wildman–Crippen LogP) is -0.756. The van der Waals surface area contributed by atoms with Crippen molar-refractivity contribution in [3.05, 3.63) is 24.0 Å². The highest BCUT2D eigenvalue weighted by molar-refractivity contribution is 6.12. The minimum Gasteiger partial charge on any atom is -0.508 e. The summed E-state index contributed by atoms with van der Waals surface area (Å²) in [6.45, 7) is 0. The van der Waals surface area contributed by atoms with Gasteiger partial charge in [-0.2, -0.15) is 0 Å². The monoisotopic (exact) mass is 283 g/mol. The van der Waals surface area contributed by atoms with Crippen molar-refractivity contribution in [2.75, 3.05) is 5.32 Å². The van der Waals surface area contributed by atoms with Gasteiger partial charge in [0.25, 0.3) is 0 Å². The lowest BCUT2D eigenvalue weighted by molar-refractivity contribution is -0.138. The highest BCUT2D eigenvalue weighted by Crippen LogP contribution is 2.20. The van der Waals surface area contributed by atoms with E-state index in [2.05, 4.69) is 5.32 Å². The number of phenols is 1. The van der Waals surface area contributed by atoms with Crippen LogP contribution in [-0.2, 0) is 9.59 Å². The van der Waals surface area contributed by atoms with Gasteiger partial charge in [0.05, 0.1) is 5.69 Å². The van der Waals surface area contributed by atoms with E-state index in [1.807, 2.05) is 5.32 Å². The van der Waals surface area contributed by atoms with Crippen LogP contribution in [0.2, 0.25) is 0 Å². The van der Waals surface area contributed by atoms with Gasteiger partial charge in [-0.25, -0.2) is 9.18 Å². The molecule has 0 aromatic heterocycles. The maximum absolute atomic E-state index is 13.4. The molecule has 1 aliphatic rings. The van der Waals surface area contributed by atoms with Crippen LogP contribution < -0.4 is 16.0 Å². The molecule has 0 bridgehead atoms. The minimum atomic E-state index is -1.71. The largest absolute Gasteiger partial charge is 0.508 e. The second kappa shape index (κ2) is 5.13. The first-order valence-corrected chi connectivity index (χ1v) is 5.47. The summed E-state index contributed by atoms with van der Waals surface area (Å²) < 4.78 is 13.4. The van der Waals surface area contributed by atoms with E-state index in [9.17, 15) is 23.9 Å². The number of halogens is 1. The van der Waals surface area contributed by atoms with Crippen molar-refractivity contribution in [3.63, 3.8) is 0 Å². The number of aliphatic hydroxyl groups is 1. The Bertz CT molecular complexity index is 591. The van der Waals surface area contributed by atoms with Crippen LogP contribution in [0, 0.1) is 11.7 Å². The molecule has 5 N–H and O–H groups in total. The quantitative estimate of drug-likeness (QED) is 0.360. The lowest BCUT2D eigenvalue weighted by Gasteiger charge is -2.26. The van der Waals surface area contributed by atoms with Gasteiger partial charge in [-0.3, -0.25) is 14.9 Å². The molecular formula is C11H10FN3O5. The van der Waals surface area contributed by atoms with Crippen LogP contribution in [0.1, 0.15) is 0 Å². The van der Waals surface area contributed by atoms with Crippen LogP contribution in [0.25, 0.3) is 0 Å². The maximum Gasteiger partial charge on any atom is 0.323 e. The van der Waals surface area contributed by atoms with Crippen molar-refractivity contribution in [3.8, 4) is 5.75 Å². The van der Waals surface area contributed by atoms with Gasteiger partial charge in [0, 0.05) is 6.07 Å². The summed E-state index contributed by atoms with van der Waals surface area (Å²) in [5, 5.41) is 24.3. The third-order valence-electron chi connectivity index (χ3n) is 2.61. The van der Waals surface area contributed by atoms with E-state index >= 15 is 0 Å². The average molecular weight is 283 g/mol. The lowest BCUT2D eigenvalue weighted by atomic mass is 10.0. The fourth-order valence-electron chi connectivity index (χ4n) is 1.67. The Hall–Kier alpha value is -2.68. The molecule has 1 aromatic carbocycles. The smallest absolute Gasteiger partial charge is 0.323 e. The molecule has 0 spiro atoms. The third-order valence-corrected chi connectivity index (χ3v) is 2.61. The Kier molecular flexibility index (Phi) is 3.53. The Morgan fingerprint density at radius 1 is 1.35 bits per heavy atom. The van der Waals surface area contributed by atoms with Gasteiger partial charge in [0.2, 0.25) is 11.8 Å². The van der Waals surface area contributed by atoms with Crippen LogP contribution in [0.5, 0.6) is 5.75 Å². The first-order chi connectivity index (χ1) is 9.38. The number of amides is 4. The summed E-state index contributed by atoms with van der Waals surface area (Å²) in [5.74, 6) is -4.85. The zero-order chi connectivity index (χ0) is 14.9. The third kappa shape index (κ3) is 2.67. The SMILES string of the molecule is O=C1NC(=O)C(C(=O)Nc2ccc(O)cc2F)C(O)N1. The number of aliphatic hydroxyl groups excluding tert-OH is 1.